The van der Waals surface area contributed by atoms with Gasteiger partial charge in [0.05, 0.1) is 27.5 Å². The van der Waals surface area contributed by atoms with Gasteiger partial charge in [-0.15, -0.1) is 11.3 Å². The maximum Gasteiger partial charge on any atom is 0.280 e. The third-order valence-corrected chi connectivity index (χ3v) is 5.45. The second kappa shape index (κ2) is 7.70. The van der Waals surface area contributed by atoms with Crippen molar-refractivity contribution in [2.45, 2.75) is 13.8 Å². The summed E-state index contributed by atoms with van der Waals surface area (Å²) in [5.41, 5.74) is 6.55. The van der Waals surface area contributed by atoms with Crippen LogP contribution < -0.4 is 10.4 Å². The average molecular weight is 389 g/mol. The lowest BCUT2D eigenvalue weighted by molar-refractivity contribution is 0.0958. The van der Waals surface area contributed by atoms with Crippen molar-refractivity contribution in [3.8, 4) is 10.4 Å². The topological polar surface area (TPSA) is 58.4 Å². The lowest BCUT2D eigenvalue weighted by Gasteiger charge is -2.25. The van der Waals surface area contributed by atoms with E-state index in [0.29, 0.717) is 4.88 Å². The lowest BCUT2D eigenvalue weighted by Crippen LogP contribution is -2.38. The minimum Gasteiger partial charge on any atom is -0.361 e. The van der Waals surface area contributed by atoms with Crippen molar-refractivity contribution in [1.82, 2.24) is 10.6 Å². The Kier molecular flexibility index (Phi) is 4.95. The van der Waals surface area contributed by atoms with Gasteiger partial charge in [-0.05, 0) is 50.2 Å². The number of nitrogens with one attached hydrogen (secondary N) is 1. The molecule has 28 heavy (non-hydrogen) atoms. The normalized spacial score (nSPS) is 10.6. The zero-order chi connectivity index (χ0) is 19.5. The molecule has 0 aliphatic heterocycles. The summed E-state index contributed by atoms with van der Waals surface area (Å²) in [5.74, 6) is 0.581. The molecule has 2 heterocycles. The smallest absolute Gasteiger partial charge is 0.280 e. The predicted octanol–water partition coefficient (Wildman–Crippen LogP) is 5.50. The standard InChI is InChI=1S/C22H19N3O2S/c1-15-21(16(2)27-24-15)19-13-14-20(28-19)22(26)23-25(17-9-5-3-6-10-17)18-11-7-4-8-12-18/h3-14H,1-2H3,(H,23,26). The molecular weight excluding hydrogens is 370 g/mol. The summed E-state index contributed by atoms with van der Waals surface area (Å²) in [5, 5.41) is 5.79. The van der Waals surface area contributed by atoms with E-state index in [2.05, 4.69) is 10.6 Å². The second-order valence-corrected chi connectivity index (χ2v) is 7.39. The van der Waals surface area contributed by atoms with E-state index in [1.165, 1.54) is 11.3 Å². The van der Waals surface area contributed by atoms with Gasteiger partial charge in [0.15, 0.2) is 0 Å². The maximum atomic E-state index is 13.0. The predicted molar refractivity (Wildman–Crippen MR) is 112 cm³/mol. The third-order valence-electron chi connectivity index (χ3n) is 4.35. The quantitative estimate of drug-likeness (QED) is 0.458. The number of hydrogen-bond acceptors (Lipinski definition) is 5. The minimum absolute atomic E-state index is 0.171. The van der Waals surface area contributed by atoms with E-state index in [9.17, 15) is 4.79 Å². The first-order valence-corrected chi connectivity index (χ1v) is 9.69. The fraction of sp³-hybridized carbons (Fsp3) is 0.0909. The minimum atomic E-state index is -0.171. The van der Waals surface area contributed by atoms with Gasteiger partial charge in [-0.1, -0.05) is 41.6 Å². The fourth-order valence-corrected chi connectivity index (χ4v) is 4.06. The number of aryl methyl sites for hydroxylation is 2. The molecule has 0 spiro atoms. The molecule has 0 saturated heterocycles. The molecule has 140 valence electrons. The number of nitrogens with zero attached hydrogens (tertiary/aromatic N) is 2. The van der Waals surface area contributed by atoms with Crippen LogP contribution in [0.2, 0.25) is 0 Å². The van der Waals surface area contributed by atoms with Gasteiger partial charge in [0, 0.05) is 4.88 Å². The Balaban J connectivity index is 1.62. The number of carbonyl (C=O) groups excluding carboxylic acids is 1. The van der Waals surface area contributed by atoms with Crippen LogP contribution >= 0.6 is 11.3 Å². The number of anilines is 2. The number of para-hydroxylation sites is 2. The number of carbonyl (C=O) groups is 1. The van der Waals surface area contributed by atoms with Crippen LogP contribution in [-0.4, -0.2) is 11.1 Å². The summed E-state index contributed by atoms with van der Waals surface area (Å²) in [4.78, 5) is 14.6. The molecule has 0 unspecified atom stereocenters. The Morgan fingerprint density at radius 3 is 2.07 bits per heavy atom. The van der Waals surface area contributed by atoms with Crippen molar-refractivity contribution in [2.24, 2.45) is 0 Å². The van der Waals surface area contributed by atoms with Crippen LogP contribution in [0.4, 0.5) is 11.4 Å². The highest BCUT2D eigenvalue weighted by molar-refractivity contribution is 7.17. The van der Waals surface area contributed by atoms with E-state index in [1.807, 2.05) is 86.6 Å². The highest BCUT2D eigenvalue weighted by Gasteiger charge is 2.18. The SMILES string of the molecule is Cc1noc(C)c1-c1ccc(C(=O)NN(c2ccccc2)c2ccccc2)s1. The molecule has 0 atom stereocenters. The van der Waals surface area contributed by atoms with Gasteiger partial charge in [-0.3, -0.25) is 15.2 Å². The number of thiophene rings is 1. The van der Waals surface area contributed by atoms with Crippen LogP contribution in [0.25, 0.3) is 10.4 Å². The van der Waals surface area contributed by atoms with Crippen LogP contribution in [0, 0.1) is 13.8 Å². The highest BCUT2D eigenvalue weighted by Crippen LogP contribution is 2.33. The molecule has 0 bridgehead atoms. The molecular formula is C22H19N3O2S. The Bertz CT molecular complexity index is 1030. The van der Waals surface area contributed by atoms with Crippen molar-refractivity contribution in [2.75, 3.05) is 5.01 Å². The van der Waals surface area contributed by atoms with Crippen molar-refractivity contribution in [3.63, 3.8) is 0 Å². The summed E-state index contributed by atoms with van der Waals surface area (Å²) in [6, 6.07) is 23.2. The average Bonchev–Trinajstić information content (AvgIpc) is 3.33. The fourth-order valence-electron chi connectivity index (χ4n) is 3.02. The Hall–Kier alpha value is -3.38. The van der Waals surface area contributed by atoms with Crippen molar-refractivity contribution in [3.05, 3.63) is 89.1 Å². The van der Waals surface area contributed by atoms with Gasteiger partial charge in [-0.2, -0.15) is 0 Å². The maximum absolute atomic E-state index is 13.0. The van der Waals surface area contributed by atoms with Crippen LogP contribution in [0.5, 0.6) is 0 Å². The number of aromatic nitrogens is 1. The number of hydrogen-bond donors (Lipinski definition) is 1. The molecule has 0 aliphatic rings. The van der Waals surface area contributed by atoms with Gasteiger partial charge < -0.3 is 4.52 Å². The third kappa shape index (κ3) is 3.54. The van der Waals surface area contributed by atoms with Gasteiger partial charge in [0.2, 0.25) is 0 Å². The largest absolute Gasteiger partial charge is 0.361 e. The molecule has 4 aromatic rings. The van der Waals surface area contributed by atoms with Gasteiger partial charge in [-0.25, -0.2) is 0 Å². The Labute approximate surface area is 167 Å². The van der Waals surface area contributed by atoms with Crippen molar-refractivity contribution in [1.29, 1.82) is 0 Å². The first-order chi connectivity index (χ1) is 13.6. The summed E-state index contributed by atoms with van der Waals surface area (Å²) in [6.07, 6.45) is 0. The molecule has 6 heteroatoms. The molecule has 2 aromatic heterocycles. The van der Waals surface area contributed by atoms with Gasteiger partial charge in [0.1, 0.15) is 5.76 Å². The molecule has 0 fully saturated rings. The van der Waals surface area contributed by atoms with E-state index < -0.39 is 0 Å². The molecule has 1 amide bonds. The second-order valence-electron chi connectivity index (χ2n) is 6.31. The summed E-state index contributed by atoms with van der Waals surface area (Å²) >= 11 is 1.42. The van der Waals surface area contributed by atoms with Crippen molar-refractivity contribution >= 4 is 28.6 Å². The summed E-state index contributed by atoms with van der Waals surface area (Å²) in [7, 11) is 0. The zero-order valence-corrected chi connectivity index (χ0v) is 16.4. The molecule has 0 radical (unpaired) electrons. The van der Waals surface area contributed by atoms with Crippen LogP contribution in [0.1, 0.15) is 21.1 Å². The summed E-state index contributed by atoms with van der Waals surface area (Å²) < 4.78 is 5.25. The summed E-state index contributed by atoms with van der Waals surface area (Å²) in [6.45, 7) is 3.78. The van der Waals surface area contributed by atoms with E-state index in [4.69, 9.17) is 4.52 Å². The molecule has 2 aromatic carbocycles. The van der Waals surface area contributed by atoms with E-state index >= 15 is 0 Å². The molecule has 5 nitrogen and oxygen atoms in total. The first kappa shape index (κ1) is 18.0. The lowest BCUT2D eigenvalue weighted by atomic mass is 10.2. The first-order valence-electron chi connectivity index (χ1n) is 8.88. The van der Waals surface area contributed by atoms with Gasteiger partial charge in [0.25, 0.3) is 5.91 Å². The Morgan fingerprint density at radius 2 is 1.54 bits per heavy atom. The molecule has 1 N–H and O–H groups in total. The number of hydrazine groups is 1. The monoisotopic (exact) mass is 389 g/mol. The highest BCUT2D eigenvalue weighted by atomic mass is 32.1. The van der Waals surface area contributed by atoms with Crippen molar-refractivity contribution < 1.29 is 9.32 Å². The van der Waals surface area contributed by atoms with Gasteiger partial charge >= 0.3 is 0 Å². The Morgan fingerprint density at radius 1 is 0.929 bits per heavy atom. The van der Waals surface area contributed by atoms with E-state index in [-0.39, 0.29) is 5.91 Å². The van der Waals surface area contributed by atoms with E-state index in [0.717, 1.165) is 33.3 Å². The van der Waals surface area contributed by atoms with Crippen LogP contribution in [0.15, 0.2) is 77.3 Å². The van der Waals surface area contributed by atoms with Crippen LogP contribution in [0.3, 0.4) is 0 Å². The molecule has 4 rings (SSSR count). The zero-order valence-electron chi connectivity index (χ0n) is 15.5. The molecule has 0 saturated carbocycles. The number of benzene rings is 2. The van der Waals surface area contributed by atoms with E-state index in [1.54, 1.807) is 5.01 Å². The molecule has 0 aliphatic carbocycles. The van der Waals surface area contributed by atoms with Crippen LogP contribution in [-0.2, 0) is 0 Å². The number of amides is 1. The number of rotatable bonds is 5.